The Balaban J connectivity index is 2.23. The van der Waals surface area contributed by atoms with Crippen LogP contribution in [0.3, 0.4) is 0 Å². The summed E-state index contributed by atoms with van der Waals surface area (Å²) >= 11 is 12.0. The molecule has 3 rings (SSSR count). The minimum atomic E-state index is -0.606. The molecule has 0 aliphatic rings. The fourth-order valence-corrected chi connectivity index (χ4v) is 2.55. The van der Waals surface area contributed by atoms with Gasteiger partial charge in [0.25, 0.3) is 5.69 Å². The highest BCUT2D eigenvalue weighted by Gasteiger charge is 2.18. The van der Waals surface area contributed by atoms with E-state index in [9.17, 15) is 14.5 Å². The molecule has 106 valence electrons. The van der Waals surface area contributed by atoms with Gasteiger partial charge in [0.15, 0.2) is 5.82 Å². The van der Waals surface area contributed by atoms with Crippen molar-refractivity contribution in [3.05, 3.63) is 56.7 Å². The van der Waals surface area contributed by atoms with Crippen LogP contribution in [0.15, 0.2) is 30.7 Å². The molecule has 0 fully saturated rings. The van der Waals surface area contributed by atoms with Crippen molar-refractivity contribution in [3.8, 4) is 5.69 Å². The van der Waals surface area contributed by atoms with Crippen molar-refractivity contribution in [2.75, 3.05) is 0 Å². The van der Waals surface area contributed by atoms with Gasteiger partial charge in [0.2, 0.25) is 0 Å². The van der Waals surface area contributed by atoms with E-state index in [4.69, 9.17) is 23.2 Å². The maximum absolute atomic E-state index is 13.6. The zero-order chi connectivity index (χ0) is 15.1. The van der Waals surface area contributed by atoms with Gasteiger partial charge in [0.05, 0.1) is 21.2 Å². The second-order valence-corrected chi connectivity index (χ2v) is 4.96. The van der Waals surface area contributed by atoms with Crippen LogP contribution in [0.4, 0.5) is 10.1 Å². The van der Waals surface area contributed by atoms with Gasteiger partial charge in [-0.05, 0) is 0 Å². The monoisotopic (exact) mass is 326 g/mol. The first-order chi connectivity index (χ1) is 9.97. The minimum Gasteiger partial charge on any atom is -0.261 e. The molecule has 6 nitrogen and oxygen atoms in total. The number of nitrogens with zero attached hydrogens (tertiary/aromatic N) is 4. The molecule has 0 saturated carbocycles. The zero-order valence-corrected chi connectivity index (χ0v) is 11.6. The van der Waals surface area contributed by atoms with E-state index in [0.29, 0.717) is 5.39 Å². The first-order valence-corrected chi connectivity index (χ1v) is 6.35. The Labute approximate surface area is 126 Å². The van der Waals surface area contributed by atoms with Gasteiger partial charge in [-0.1, -0.05) is 23.2 Å². The predicted molar refractivity (Wildman–Crippen MR) is 75.5 cm³/mol. The maximum Gasteiger partial charge on any atom is 0.272 e. The normalized spacial score (nSPS) is 11.0. The van der Waals surface area contributed by atoms with Gasteiger partial charge in [0, 0.05) is 29.9 Å². The van der Waals surface area contributed by atoms with Crippen LogP contribution in [0.5, 0.6) is 0 Å². The maximum atomic E-state index is 13.6. The first-order valence-electron chi connectivity index (χ1n) is 5.60. The molecule has 21 heavy (non-hydrogen) atoms. The summed E-state index contributed by atoms with van der Waals surface area (Å²) in [5, 5.41) is 15.3. The Morgan fingerprint density at radius 1 is 1.24 bits per heavy atom. The van der Waals surface area contributed by atoms with Crippen molar-refractivity contribution in [2.45, 2.75) is 0 Å². The van der Waals surface area contributed by atoms with Crippen molar-refractivity contribution in [1.29, 1.82) is 0 Å². The Morgan fingerprint density at radius 3 is 2.48 bits per heavy atom. The zero-order valence-electron chi connectivity index (χ0n) is 10.1. The molecule has 0 aliphatic carbocycles. The number of aromatic nitrogens is 3. The molecule has 0 saturated heterocycles. The molecular weight excluding hydrogens is 322 g/mol. The summed E-state index contributed by atoms with van der Waals surface area (Å²) < 4.78 is 14.9. The Hall–Kier alpha value is -2.25. The van der Waals surface area contributed by atoms with Gasteiger partial charge in [-0.25, -0.2) is 9.07 Å². The molecule has 9 heteroatoms. The van der Waals surface area contributed by atoms with Crippen molar-refractivity contribution in [1.82, 2.24) is 14.8 Å². The SMILES string of the molecule is O=[N+]([O-])c1cc(Cl)c(-n2cc3cncc(F)c3n2)c(Cl)c1. The average Bonchev–Trinajstić information content (AvgIpc) is 2.82. The molecule has 0 radical (unpaired) electrons. The van der Waals surface area contributed by atoms with Gasteiger partial charge in [-0.3, -0.25) is 15.1 Å². The molecule has 3 aromatic rings. The number of benzene rings is 1. The molecule has 0 amide bonds. The molecule has 1 aromatic carbocycles. The van der Waals surface area contributed by atoms with Crippen LogP contribution < -0.4 is 0 Å². The summed E-state index contributed by atoms with van der Waals surface area (Å²) in [6.45, 7) is 0. The average molecular weight is 327 g/mol. The van der Waals surface area contributed by atoms with Crippen LogP contribution in [0.1, 0.15) is 0 Å². The van der Waals surface area contributed by atoms with Gasteiger partial charge in [-0.15, -0.1) is 0 Å². The van der Waals surface area contributed by atoms with E-state index in [2.05, 4.69) is 10.1 Å². The third kappa shape index (κ3) is 2.30. The molecule has 0 aliphatic heterocycles. The molecule has 0 unspecified atom stereocenters. The number of pyridine rings is 1. The summed E-state index contributed by atoms with van der Waals surface area (Å²) in [5.41, 5.74) is 0.105. The van der Waals surface area contributed by atoms with Crippen molar-refractivity contribution in [2.24, 2.45) is 0 Å². The quantitative estimate of drug-likeness (QED) is 0.530. The van der Waals surface area contributed by atoms with Gasteiger partial charge in [0.1, 0.15) is 11.2 Å². The van der Waals surface area contributed by atoms with E-state index in [1.54, 1.807) is 0 Å². The molecule has 0 spiro atoms. The lowest BCUT2D eigenvalue weighted by atomic mass is 10.3. The van der Waals surface area contributed by atoms with Crippen molar-refractivity contribution < 1.29 is 9.31 Å². The number of nitro groups is 1. The highest BCUT2D eigenvalue weighted by atomic mass is 35.5. The second kappa shape index (κ2) is 4.94. The standard InChI is InChI=1S/C12H5Cl2FN4O2/c13-8-1-7(19(20)21)2-9(14)12(8)18-5-6-3-16-4-10(15)11(6)17-18/h1-5H. The second-order valence-electron chi connectivity index (χ2n) is 4.15. The van der Waals surface area contributed by atoms with E-state index < -0.39 is 10.7 Å². The summed E-state index contributed by atoms with van der Waals surface area (Å²) in [4.78, 5) is 13.9. The van der Waals surface area contributed by atoms with Crippen LogP contribution in [0, 0.1) is 15.9 Å². The first kappa shape index (κ1) is 13.7. The van der Waals surface area contributed by atoms with E-state index in [0.717, 1.165) is 18.3 Å². The van der Waals surface area contributed by atoms with Crippen LogP contribution in [0.25, 0.3) is 16.6 Å². The third-order valence-electron chi connectivity index (χ3n) is 2.81. The summed E-state index contributed by atoms with van der Waals surface area (Å²) in [6.07, 6.45) is 3.97. The molecule has 2 aromatic heterocycles. The smallest absolute Gasteiger partial charge is 0.261 e. The topological polar surface area (TPSA) is 73.8 Å². The fourth-order valence-electron chi connectivity index (χ4n) is 1.90. The Morgan fingerprint density at radius 2 is 1.90 bits per heavy atom. The van der Waals surface area contributed by atoms with E-state index in [1.165, 1.54) is 17.1 Å². The van der Waals surface area contributed by atoms with Crippen LogP contribution in [0.2, 0.25) is 10.0 Å². The van der Waals surface area contributed by atoms with Crippen LogP contribution in [-0.2, 0) is 0 Å². The van der Waals surface area contributed by atoms with Crippen LogP contribution in [-0.4, -0.2) is 19.7 Å². The highest BCUT2D eigenvalue weighted by molar-refractivity contribution is 6.38. The molecular formula is C12H5Cl2FN4O2. The number of halogens is 3. The van der Waals surface area contributed by atoms with Gasteiger partial charge >= 0.3 is 0 Å². The molecule has 2 heterocycles. The number of non-ortho nitro benzene ring substituents is 1. The minimum absolute atomic E-state index is 0.0374. The third-order valence-corrected chi connectivity index (χ3v) is 3.39. The van der Waals surface area contributed by atoms with Crippen LogP contribution >= 0.6 is 23.2 Å². The van der Waals surface area contributed by atoms with Gasteiger partial charge in [-0.2, -0.15) is 5.10 Å². The number of hydrogen-bond acceptors (Lipinski definition) is 4. The highest BCUT2D eigenvalue weighted by Crippen LogP contribution is 2.33. The van der Waals surface area contributed by atoms with E-state index >= 15 is 0 Å². The lowest BCUT2D eigenvalue weighted by Crippen LogP contribution is -1.98. The fraction of sp³-hybridized carbons (Fsp3) is 0. The Bertz CT molecular complexity index is 858. The predicted octanol–water partition coefficient (Wildman–Crippen LogP) is 3.77. The molecule has 0 atom stereocenters. The molecule has 0 bridgehead atoms. The summed E-state index contributed by atoms with van der Waals surface area (Å²) in [6, 6.07) is 2.31. The van der Waals surface area contributed by atoms with Crippen molar-refractivity contribution in [3.63, 3.8) is 0 Å². The number of hydrogen-bond donors (Lipinski definition) is 0. The van der Waals surface area contributed by atoms with Gasteiger partial charge < -0.3 is 0 Å². The number of nitro benzene ring substituents is 1. The van der Waals surface area contributed by atoms with Crippen molar-refractivity contribution >= 4 is 39.8 Å². The number of rotatable bonds is 2. The summed E-state index contributed by atoms with van der Waals surface area (Å²) in [5.74, 6) is -0.583. The summed E-state index contributed by atoms with van der Waals surface area (Å²) in [7, 11) is 0. The number of fused-ring (bicyclic) bond motifs is 1. The van der Waals surface area contributed by atoms with E-state index in [1.807, 2.05) is 0 Å². The van der Waals surface area contributed by atoms with E-state index in [-0.39, 0.29) is 26.9 Å². The Kier molecular flexibility index (Phi) is 3.23. The largest absolute Gasteiger partial charge is 0.272 e. The lowest BCUT2D eigenvalue weighted by Gasteiger charge is -2.06. The lowest BCUT2D eigenvalue weighted by molar-refractivity contribution is -0.384. The molecule has 0 N–H and O–H groups in total.